The van der Waals surface area contributed by atoms with Crippen LogP contribution >= 0.6 is 0 Å². The number of carbonyl (C=O) groups excluding carboxylic acids is 1. The molecule has 1 amide bonds. The van der Waals surface area contributed by atoms with Crippen LogP contribution in [0.2, 0.25) is 0 Å². The van der Waals surface area contributed by atoms with Gasteiger partial charge in [-0.1, -0.05) is 13.8 Å². The molecule has 1 aromatic carbocycles. The summed E-state index contributed by atoms with van der Waals surface area (Å²) in [4.78, 5) is 14.5. The van der Waals surface area contributed by atoms with E-state index < -0.39 is 22.0 Å². The summed E-state index contributed by atoms with van der Waals surface area (Å²) in [5.74, 6) is -0.0302. The molecule has 1 heterocycles. The van der Waals surface area contributed by atoms with Crippen molar-refractivity contribution in [3.63, 3.8) is 0 Å². The molecule has 0 bridgehead atoms. The highest BCUT2D eigenvalue weighted by Gasteiger charge is 2.35. The first-order valence-corrected chi connectivity index (χ1v) is 10.9. The number of nitrogens with two attached hydrogens (primary N) is 1. The lowest BCUT2D eigenvalue weighted by atomic mass is 10.1. The number of amides is 1. The van der Waals surface area contributed by atoms with Crippen LogP contribution in [-0.2, 0) is 19.6 Å². The Balaban J connectivity index is 2.27. The van der Waals surface area contributed by atoms with Crippen molar-refractivity contribution < 1.29 is 22.7 Å². The standard InChI is InChI=1S/C19H31N3O5S/c1-15(2)14-22(28(24,25)17-6-4-16(26-3)5-7-17)18(19(20)23)8-9-21-10-12-27-13-11-21/h4-7,15,18H,8-14H2,1-3H3,(H2,20,23). The Kier molecular flexibility index (Phi) is 8.23. The third-order valence-electron chi connectivity index (χ3n) is 4.71. The van der Waals surface area contributed by atoms with Crippen molar-refractivity contribution in [1.29, 1.82) is 0 Å². The van der Waals surface area contributed by atoms with Gasteiger partial charge in [0.1, 0.15) is 11.8 Å². The van der Waals surface area contributed by atoms with Gasteiger partial charge in [0.2, 0.25) is 15.9 Å². The molecule has 1 saturated heterocycles. The largest absolute Gasteiger partial charge is 0.497 e. The van der Waals surface area contributed by atoms with Gasteiger partial charge in [-0.15, -0.1) is 0 Å². The van der Waals surface area contributed by atoms with Crippen LogP contribution in [0.1, 0.15) is 20.3 Å². The van der Waals surface area contributed by atoms with Gasteiger partial charge in [-0.2, -0.15) is 4.31 Å². The number of carbonyl (C=O) groups is 1. The Bertz CT molecular complexity index is 730. The second-order valence-corrected chi connectivity index (χ2v) is 9.20. The number of rotatable bonds is 10. The highest BCUT2D eigenvalue weighted by molar-refractivity contribution is 7.89. The van der Waals surface area contributed by atoms with E-state index in [-0.39, 0.29) is 17.4 Å². The van der Waals surface area contributed by atoms with Gasteiger partial charge in [-0.05, 0) is 36.6 Å². The number of ether oxygens (including phenoxy) is 2. The number of morpholine rings is 1. The molecule has 1 atom stereocenters. The molecule has 1 aliphatic rings. The van der Waals surface area contributed by atoms with Gasteiger partial charge in [0, 0.05) is 26.2 Å². The summed E-state index contributed by atoms with van der Waals surface area (Å²) >= 11 is 0. The van der Waals surface area contributed by atoms with Crippen LogP contribution in [0.3, 0.4) is 0 Å². The minimum atomic E-state index is -3.88. The Labute approximate surface area is 167 Å². The average Bonchev–Trinajstić information content (AvgIpc) is 2.67. The molecule has 9 heteroatoms. The zero-order valence-electron chi connectivity index (χ0n) is 16.8. The minimum Gasteiger partial charge on any atom is -0.497 e. The van der Waals surface area contributed by atoms with Crippen molar-refractivity contribution in [1.82, 2.24) is 9.21 Å². The lowest BCUT2D eigenvalue weighted by molar-refractivity contribution is -0.122. The second-order valence-electron chi connectivity index (χ2n) is 7.30. The molecule has 0 radical (unpaired) electrons. The summed E-state index contributed by atoms with van der Waals surface area (Å²) < 4.78 is 38.3. The number of hydrogen-bond donors (Lipinski definition) is 1. The SMILES string of the molecule is COc1ccc(S(=O)(=O)N(CC(C)C)C(CCN2CCOCC2)C(N)=O)cc1. The van der Waals surface area contributed by atoms with Crippen LogP contribution in [0.5, 0.6) is 5.75 Å². The lowest BCUT2D eigenvalue weighted by Gasteiger charge is -2.33. The molecule has 1 aliphatic heterocycles. The van der Waals surface area contributed by atoms with Crippen LogP contribution in [0, 0.1) is 5.92 Å². The molecule has 1 fully saturated rings. The molecule has 28 heavy (non-hydrogen) atoms. The van der Waals surface area contributed by atoms with Crippen molar-refractivity contribution in [2.45, 2.75) is 31.2 Å². The van der Waals surface area contributed by atoms with E-state index in [4.69, 9.17) is 15.2 Å². The molecule has 2 rings (SSSR count). The topological polar surface area (TPSA) is 102 Å². The fourth-order valence-electron chi connectivity index (χ4n) is 3.19. The number of methoxy groups -OCH3 is 1. The zero-order chi connectivity index (χ0) is 20.7. The van der Waals surface area contributed by atoms with Crippen molar-refractivity contribution in [2.24, 2.45) is 11.7 Å². The molecule has 0 saturated carbocycles. The van der Waals surface area contributed by atoms with E-state index in [9.17, 15) is 13.2 Å². The van der Waals surface area contributed by atoms with Gasteiger partial charge < -0.3 is 15.2 Å². The predicted molar refractivity (Wildman–Crippen MR) is 107 cm³/mol. The molecule has 0 aromatic heterocycles. The van der Waals surface area contributed by atoms with Crippen LogP contribution in [0.4, 0.5) is 0 Å². The zero-order valence-corrected chi connectivity index (χ0v) is 17.7. The minimum absolute atomic E-state index is 0.0401. The molecule has 0 aliphatic carbocycles. The summed E-state index contributed by atoms with van der Waals surface area (Å²) in [5, 5.41) is 0. The molecule has 1 aromatic rings. The van der Waals surface area contributed by atoms with Gasteiger partial charge in [0.15, 0.2) is 0 Å². The van der Waals surface area contributed by atoms with Crippen LogP contribution in [0.25, 0.3) is 0 Å². The van der Waals surface area contributed by atoms with Gasteiger partial charge in [-0.3, -0.25) is 9.69 Å². The van der Waals surface area contributed by atoms with Gasteiger partial charge in [-0.25, -0.2) is 8.42 Å². The van der Waals surface area contributed by atoms with E-state index >= 15 is 0 Å². The molecule has 0 spiro atoms. The first-order valence-electron chi connectivity index (χ1n) is 9.51. The lowest BCUT2D eigenvalue weighted by Crippen LogP contribution is -2.51. The number of benzene rings is 1. The molecule has 1 unspecified atom stereocenters. The van der Waals surface area contributed by atoms with E-state index in [1.165, 1.54) is 23.5 Å². The Morgan fingerprint density at radius 1 is 1.25 bits per heavy atom. The quantitative estimate of drug-likeness (QED) is 0.612. The number of hydrogen-bond acceptors (Lipinski definition) is 6. The average molecular weight is 414 g/mol. The van der Waals surface area contributed by atoms with E-state index in [1.54, 1.807) is 12.1 Å². The summed E-state index contributed by atoms with van der Waals surface area (Å²) in [6.07, 6.45) is 0.345. The number of sulfonamides is 1. The van der Waals surface area contributed by atoms with E-state index in [2.05, 4.69) is 4.90 Å². The van der Waals surface area contributed by atoms with Gasteiger partial charge >= 0.3 is 0 Å². The van der Waals surface area contributed by atoms with Crippen LogP contribution < -0.4 is 10.5 Å². The van der Waals surface area contributed by atoms with Crippen molar-refractivity contribution in [3.05, 3.63) is 24.3 Å². The molecule has 2 N–H and O–H groups in total. The van der Waals surface area contributed by atoms with Crippen molar-refractivity contribution in [3.8, 4) is 5.75 Å². The van der Waals surface area contributed by atoms with E-state index in [1.807, 2.05) is 13.8 Å². The predicted octanol–water partition coefficient (Wildman–Crippen LogP) is 0.918. The van der Waals surface area contributed by atoms with Crippen LogP contribution in [-0.4, -0.2) is 76.1 Å². The Morgan fingerprint density at radius 3 is 2.36 bits per heavy atom. The van der Waals surface area contributed by atoms with Gasteiger partial charge in [0.05, 0.1) is 25.2 Å². The van der Waals surface area contributed by atoms with E-state index in [0.717, 1.165) is 13.1 Å². The number of primary amides is 1. The molecule has 158 valence electrons. The Morgan fingerprint density at radius 2 is 1.86 bits per heavy atom. The fraction of sp³-hybridized carbons (Fsp3) is 0.632. The van der Waals surface area contributed by atoms with Crippen molar-refractivity contribution in [2.75, 3.05) is 46.5 Å². The smallest absolute Gasteiger partial charge is 0.243 e. The monoisotopic (exact) mass is 413 g/mol. The van der Waals surface area contributed by atoms with Crippen LogP contribution in [0.15, 0.2) is 29.2 Å². The van der Waals surface area contributed by atoms with E-state index in [0.29, 0.717) is 31.9 Å². The Hall–Kier alpha value is -1.68. The fourth-order valence-corrected chi connectivity index (χ4v) is 4.98. The summed E-state index contributed by atoms with van der Waals surface area (Å²) in [5.41, 5.74) is 5.64. The first-order chi connectivity index (χ1) is 13.3. The first kappa shape index (κ1) is 22.6. The third-order valence-corrected chi connectivity index (χ3v) is 6.60. The third kappa shape index (κ3) is 5.91. The maximum atomic E-state index is 13.3. The maximum absolute atomic E-state index is 13.3. The maximum Gasteiger partial charge on any atom is 0.243 e. The molecule has 8 nitrogen and oxygen atoms in total. The normalized spacial score (nSPS) is 17.0. The molecular weight excluding hydrogens is 382 g/mol. The highest BCUT2D eigenvalue weighted by atomic mass is 32.2. The number of nitrogens with zero attached hydrogens (tertiary/aromatic N) is 2. The van der Waals surface area contributed by atoms with Gasteiger partial charge in [0.25, 0.3) is 0 Å². The summed E-state index contributed by atoms with van der Waals surface area (Å²) in [6.45, 7) is 7.44. The molecular formula is C19H31N3O5S. The summed E-state index contributed by atoms with van der Waals surface area (Å²) in [6, 6.07) is 5.25. The second kappa shape index (κ2) is 10.2. The summed E-state index contributed by atoms with van der Waals surface area (Å²) in [7, 11) is -2.37. The highest BCUT2D eigenvalue weighted by Crippen LogP contribution is 2.24. The van der Waals surface area contributed by atoms with Crippen molar-refractivity contribution >= 4 is 15.9 Å².